The molecule has 0 aliphatic carbocycles. The minimum atomic E-state index is -1.64. The van der Waals surface area contributed by atoms with Gasteiger partial charge in [0.2, 0.25) is 0 Å². The van der Waals surface area contributed by atoms with Gasteiger partial charge in [0.1, 0.15) is 0 Å². The molecule has 0 aliphatic heterocycles. The monoisotopic (exact) mass is 594 g/mol. The average Bonchev–Trinajstić information content (AvgIpc) is 2.90. The van der Waals surface area contributed by atoms with Crippen LogP contribution in [-0.2, 0) is 9.22 Å². The standard InChI is InChI=1S/C31H50O4SeSi/c1-8-37(9-2,10-3)35-27(7)25(5)23-26(6)30(32)24(4)19-15-12-11-13-18-22-29(31(33)34)36-28-20-16-14-17-21-28/h11-12,14-17,19-21,23-25,27,29-30,32H,8-10,13,18,22H2,1-7H3,(H,33,34)/b12-11+,19-15-,26-23+/t24-,25-,27+,29?,30+/m0/s1. The third kappa shape index (κ3) is 12.3. The summed E-state index contributed by atoms with van der Waals surface area (Å²) in [4.78, 5) is 11.3. The molecule has 0 spiro atoms. The van der Waals surface area contributed by atoms with E-state index in [1.807, 2.05) is 62.4 Å². The second-order valence-corrected chi connectivity index (χ2v) is 17.5. The van der Waals surface area contributed by atoms with Crippen LogP contribution < -0.4 is 4.46 Å². The van der Waals surface area contributed by atoms with Gasteiger partial charge in [0, 0.05) is 6.10 Å². The molecule has 4 nitrogen and oxygen atoms in total. The van der Waals surface area contributed by atoms with E-state index < -0.39 is 20.4 Å². The summed E-state index contributed by atoms with van der Waals surface area (Å²) in [6.07, 6.45) is 12.3. The quantitative estimate of drug-likeness (QED) is 0.0820. The van der Waals surface area contributed by atoms with Crippen molar-refractivity contribution in [2.45, 2.75) is 103 Å². The summed E-state index contributed by atoms with van der Waals surface area (Å²) in [5, 5.41) is 20.4. The molecule has 0 saturated heterocycles. The Balaban J connectivity index is 2.51. The van der Waals surface area contributed by atoms with Crippen molar-refractivity contribution in [2.75, 3.05) is 0 Å². The van der Waals surface area contributed by atoms with Crippen LogP contribution >= 0.6 is 0 Å². The zero-order valence-electron chi connectivity index (χ0n) is 24.0. The van der Waals surface area contributed by atoms with E-state index in [0.29, 0.717) is 6.42 Å². The molecular weight excluding hydrogens is 543 g/mol. The van der Waals surface area contributed by atoms with Gasteiger partial charge >= 0.3 is 157 Å². The number of hydrogen-bond donors (Lipinski definition) is 2. The van der Waals surface area contributed by atoms with Crippen molar-refractivity contribution >= 4 is 33.7 Å². The van der Waals surface area contributed by atoms with Crippen molar-refractivity contribution in [3.63, 3.8) is 0 Å². The fourth-order valence-corrected chi connectivity index (χ4v) is 9.56. The molecule has 37 heavy (non-hydrogen) atoms. The average molecular weight is 594 g/mol. The van der Waals surface area contributed by atoms with Gasteiger partial charge in [-0.3, -0.25) is 0 Å². The molecule has 0 aliphatic rings. The molecule has 208 valence electrons. The first-order valence-corrected chi connectivity index (χ1v) is 18.3. The summed E-state index contributed by atoms with van der Waals surface area (Å²) in [5.41, 5.74) is 0.987. The molecule has 0 heterocycles. The summed E-state index contributed by atoms with van der Waals surface area (Å²) in [5.74, 6) is -0.443. The van der Waals surface area contributed by atoms with Crippen LogP contribution in [0.3, 0.4) is 0 Å². The zero-order chi connectivity index (χ0) is 27.8. The fraction of sp³-hybridized carbons (Fsp3) is 0.581. The van der Waals surface area contributed by atoms with E-state index in [9.17, 15) is 15.0 Å². The molecule has 2 N–H and O–H groups in total. The van der Waals surface area contributed by atoms with E-state index in [1.165, 1.54) is 0 Å². The Morgan fingerprint density at radius 1 is 1.03 bits per heavy atom. The Hall–Kier alpha value is -1.43. The number of carbonyl (C=O) groups is 1. The Kier molecular flexibility index (Phi) is 16.3. The van der Waals surface area contributed by atoms with Crippen LogP contribution in [0.15, 0.2) is 66.3 Å². The third-order valence-corrected chi connectivity index (χ3v) is 14.8. The van der Waals surface area contributed by atoms with Crippen LogP contribution in [0.4, 0.5) is 0 Å². The van der Waals surface area contributed by atoms with Gasteiger partial charge < -0.3 is 4.43 Å². The molecule has 6 heteroatoms. The molecule has 0 saturated carbocycles. The van der Waals surface area contributed by atoms with Gasteiger partial charge in [-0.15, -0.1) is 0 Å². The van der Waals surface area contributed by atoms with Crippen molar-refractivity contribution in [1.82, 2.24) is 0 Å². The first-order valence-electron chi connectivity index (χ1n) is 13.9. The summed E-state index contributed by atoms with van der Waals surface area (Å²) in [6, 6.07) is 13.4. The maximum absolute atomic E-state index is 11.6. The first-order chi connectivity index (χ1) is 17.6. The van der Waals surface area contributed by atoms with E-state index in [0.717, 1.165) is 41.0 Å². The number of rotatable bonds is 18. The summed E-state index contributed by atoms with van der Waals surface area (Å²) >= 11 is -0.0534. The molecule has 1 aromatic carbocycles. The fourth-order valence-electron chi connectivity index (χ4n) is 4.40. The van der Waals surface area contributed by atoms with Gasteiger partial charge in [-0.1, -0.05) is 27.7 Å². The molecule has 0 amide bonds. The summed E-state index contributed by atoms with van der Waals surface area (Å²) in [6.45, 7) is 15.1. The van der Waals surface area contributed by atoms with Crippen LogP contribution in [-0.4, -0.2) is 51.7 Å². The second kappa shape index (κ2) is 18.0. The number of aliphatic carboxylic acids is 1. The number of benzene rings is 1. The van der Waals surface area contributed by atoms with Crippen molar-refractivity contribution in [3.05, 3.63) is 66.3 Å². The van der Waals surface area contributed by atoms with Crippen LogP contribution in [0, 0.1) is 11.8 Å². The molecule has 0 aromatic heterocycles. The molecule has 0 fully saturated rings. The number of unbranched alkanes of at least 4 members (excludes halogenated alkanes) is 1. The van der Waals surface area contributed by atoms with Crippen LogP contribution in [0.2, 0.25) is 22.9 Å². The molecular formula is C31H50O4SeSi. The first kappa shape index (κ1) is 33.6. The SMILES string of the molecule is CC[Si](CC)(CC)O[C@H](C)[C@@H](C)/C=C(\C)[C@H](O)[C@@H](C)/C=C\C=C\CCCC([Se]c1ccccc1)C(=O)O. The van der Waals surface area contributed by atoms with Crippen LogP contribution in [0.25, 0.3) is 0 Å². The van der Waals surface area contributed by atoms with Gasteiger partial charge in [-0.25, -0.2) is 0 Å². The number of carboxylic acid groups (broad SMARTS) is 1. The molecule has 1 aromatic rings. The predicted molar refractivity (Wildman–Crippen MR) is 161 cm³/mol. The van der Waals surface area contributed by atoms with E-state index >= 15 is 0 Å². The van der Waals surface area contributed by atoms with Crippen molar-refractivity contribution in [3.8, 4) is 0 Å². The van der Waals surface area contributed by atoms with Crippen molar-refractivity contribution in [1.29, 1.82) is 0 Å². The minimum absolute atomic E-state index is 0.00433. The molecule has 5 atom stereocenters. The number of carboxylic acids is 1. The Morgan fingerprint density at radius 2 is 1.65 bits per heavy atom. The topological polar surface area (TPSA) is 66.8 Å². The normalized spacial score (nSPS) is 17.1. The van der Waals surface area contributed by atoms with Crippen molar-refractivity contribution < 1.29 is 19.4 Å². The van der Waals surface area contributed by atoms with E-state index in [1.54, 1.807) is 0 Å². The number of allylic oxidation sites excluding steroid dienone is 3. The van der Waals surface area contributed by atoms with Gasteiger partial charge in [0.25, 0.3) is 0 Å². The van der Waals surface area contributed by atoms with E-state index in [-0.39, 0.29) is 37.7 Å². The number of aliphatic hydroxyl groups is 1. The van der Waals surface area contributed by atoms with Crippen molar-refractivity contribution in [2.24, 2.45) is 11.8 Å². The third-order valence-electron chi connectivity index (χ3n) is 7.40. The molecule has 1 unspecified atom stereocenters. The molecule has 1 rings (SSSR count). The van der Waals surface area contributed by atoms with Gasteiger partial charge in [0.15, 0.2) is 8.32 Å². The van der Waals surface area contributed by atoms with E-state index in [4.69, 9.17) is 4.43 Å². The molecule has 0 bridgehead atoms. The number of aliphatic hydroxyl groups excluding tert-OH is 1. The summed E-state index contributed by atoms with van der Waals surface area (Å²) < 4.78 is 7.75. The number of hydrogen-bond acceptors (Lipinski definition) is 3. The van der Waals surface area contributed by atoms with Gasteiger partial charge in [-0.2, -0.15) is 0 Å². The predicted octanol–water partition coefficient (Wildman–Crippen LogP) is 7.16. The van der Waals surface area contributed by atoms with Crippen LogP contribution in [0.5, 0.6) is 0 Å². The second-order valence-electron chi connectivity index (χ2n) is 10.1. The van der Waals surface area contributed by atoms with Crippen LogP contribution in [0.1, 0.15) is 67.7 Å². The molecule has 0 radical (unpaired) electrons. The Labute approximate surface area is 233 Å². The van der Waals surface area contributed by atoms with Gasteiger partial charge in [-0.05, 0) is 31.0 Å². The summed E-state index contributed by atoms with van der Waals surface area (Å²) in [7, 11) is -1.64. The van der Waals surface area contributed by atoms with E-state index in [2.05, 4.69) is 46.8 Å². The Bertz CT molecular complexity index is 855. The maximum atomic E-state index is 11.6. The van der Waals surface area contributed by atoms with Gasteiger partial charge in [0.05, 0.1) is 0 Å². The zero-order valence-corrected chi connectivity index (χ0v) is 26.7. The Morgan fingerprint density at radius 3 is 2.22 bits per heavy atom.